The van der Waals surface area contributed by atoms with E-state index in [1.807, 2.05) is 17.3 Å². The third-order valence-electron chi connectivity index (χ3n) is 1.62. The number of thioether (sulfide) groups is 1. The number of hydrogen-bond donors (Lipinski definition) is 0. The molecule has 78 valence electrons. The molecule has 0 bridgehead atoms. The average molecular weight is 232 g/mol. The second-order valence-electron chi connectivity index (χ2n) is 2.41. The second kappa shape index (κ2) is 5.37. The Morgan fingerprint density at radius 2 is 2.50 bits per heavy atom. The van der Waals surface area contributed by atoms with Crippen molar-refractivity contribution in [1.29, 1.82) is 0 Å². The summed E-state index contributed by atoms with van der Waals surface area (Å²) in [7, 11) is 0.489. The fourth-order valence-corrected chi connectivity index (χ4v) is 2.67. The third kappa shape index (κ3) is 2.28. The van der Waals surface area contributed by atoms with E-state index in [0.717, 1.165) is 5.16 Å². The minimum atomic E-state index is -0.297. The van der Waals surface area contributed by atoms with Gasteiger partial charge in [0.05, 0.1) is 12.8 Å². The Labute approximate surface area is 89.3 Å². The van der Waals surface area contributed by atoms with Crippen LogP contribution in [0.15, 0.2) is 11.4 Å². The number of hydrogen-bond acceptors (Lipinski definition) is 4. The molecular formula is C8H13N2O2PS. The molecule has 14 heavy (non-hydrogen) atoms. The van der Waals surface area contributed by atoms with Gasteiger partial charge in [0.15, 0.2) is 10.9 Å². The number of imidazole rings is 1. The van der Waals surface area contributed by atoms with Crippen LogP contribution in [-0.2, 0) is 4.74 Å². The molecule has 0 aliphatic heterocycles. The quantitative estimate of drug-likeness (QED) is 0.451. The average Bonchev–Trinajstić information content (AvgIpc) is 2.60. The lowest BCUT2D eigenvalue weighted by Gasteiger charge is -2.06. The van der Waals surface area contributed by atoms with Gasteiger partial charge in [-0.25, -0.2) is 9.78 Å². The molecule has 0 aliphatic carbocycles. The summed E-state index contributed by atoms with van der Waals surface area (Å²) >= 11 is 1.53. The van der Waals surface area contributed by atoms with Crippen LogP contribution < -0.4 is 0 Å². The van der Waals surface area contributed by atoms with Crippen LogP contribution in [0, 0.1) is 0 Å². The summed E-state index contributed by atoms with van der Waals surface area (Å²) < 4.78 is 6.80. The molecule has 6 heteroatoms. The molecule has 1 heterocycles. The minimum absolute atomic E-state index is 0.297. The Morgan fingerprint density at radius 1 is 1.79 bits per heavy atom. The molecule has 0 saturated heterocycles. The van der Waals surface area contributed by atoms with E-state index < -0.39 is 0 Å². The second-order valence-corrected chi connectivity index (χ2v) is 4.08. The number of carbonyl (C=O) groups is 1. The monoisotopic (exact) mass is 232 g/mol. The largest absolute Gasteiger partial charge is 0.461 e. The number of carbonyl (C=O) groups excluding carboxylic acids is 1. The van der Waals surface area contributed by atoms with Gasteiger partial charge in [-0.1, -0.05) is 11.8 Å². The lowest BCUT2D eigenvalue weighted by Crippen LogP contribution is -2.08. The standard InChI is InChI=1S/C8H13N2O2PS/c1-4-12-7(11)6-5-9-8(14-3)10(6)13-2/h5,13H,4H2,1-3H3. The number of rotatable bonds is 4. The molecule has 0 fully saturated rings. The molecule has 0 N–H and O–H groups in total. The molecule has 1 aromatic rings. The van der Waals surface area contributed by atoms with E-state index in [1.165, 1.54) is 11.8 Å². The smallest absolute Gasteiger partial charge is 0.356 e. The first-order valence-electron chi connectivity index (χ1n) is 4.21. The lowest BCUT2D eigenvalue weighted by atomic mass is 10.5. The van der Waals surface area contributed by atoms with E-state index >= 15 is 0 Å². The van der Waals surface area contributed by atoms with Crippen molar-refractivity contribution in [1.82, 2.24) is 9.32 Å². The number of ether oxygens (including phenoxy) is 1. The van der Waals surface area contributed by atoms with Crippen LogP contribution >= 0.6 is 20.5 Å². The molecule has 0 aliphatic rings. The first-order valence-corrected chi connectivity index (χ1v) is 6.88. The van der Waals surface area contributed by atoms with Gasteiger partial charge in [-0.15, -0.1) is 0 Å². The first-order chi connectivity index (χ1) is 6.74. The van der Waals surface area contributed by atoms with Crippen molar-refractivity contribution >= 4 is 26.5 Å². The van der Waals surface area contributed by atoms with Crippen molar-refractivity contribution in [3.05, 3.63) is 11.9 Å². The molecule has 4 nitrogen and oxygen atoms in total. The van der Waals surface area contributed by atoms with Crippen LogP contribution in [0.2, 0.25) is 0 Å². The van der Waals surface area contributed by atoms with Crippen molar-refractivity contribution in [3.63, 3.8) is 0 Å². The Bertz CT molecular complexity index is 327. The first kappa shape index (κ1) is 11.5. The summed E-state index contributed by atoms with van der Waals surface area (Å²) in [6.07, 6.45) is 3.51. The summed E-state index contributed by atoms with van der Waals surface area (Å²) in [5.41, 5.74) is 0.539. The highest BCUT2D eigenvalue weighted by atomic mass is 32.2. The Morgan fingerprint density at radius 3 is 3.00 bits per heavy atom. The number of nitrogens with zero attached hydrogens (tertiary/aromatic N) is 2. The predicted molar refractivity (Wildman–Crippen MR) is 59.6 cm³/mol. The van der Waals surface area contributed by atoms with Crippen LogP contribution in [0.3, 0.4) is 0 Å². The minimum Gasteiger partial charge on any atom is -0.461 e. The zero-order chi connectivity index (χ0) is 10.6. The summed E-state index contributed by atoms with van der Waals surface area (Å²) in [5, 5.41) is 0.855. The molecule has 0 radical (unpaired) electrons. The fourth-order valence-electron chi connectivity index (χ4n) is 1.04. The molecule has 1 atom stereocenters. The number of aromatic nitrogens is 2. The van der Waals surface area contributed by atoms with Crippen molar-refractivity contribution in [2.24, 2.45) is 0 Å². The molecule has 1 rings (SSSR count). The maximum absolute atomic E-state index is 11.5. The van der Waals surface area contributed by atoms with Crippen LogP contribution in [-0.4, -0.2) is 34.8 Å². The van der Waals surface area contributed by atoms with Crippen molar-refractivity contribution in [3.8, 4) is 0 Å². The third-order valence-corrected chi connectivity index (χ3v) is 3.34. The number of esters is 1. The zero-order valence-electron chi connectivity index (χ0n) is 8.40. The van der Waals surface area contributed by atoms with Crippen LogP contribution in [0.4, 0.5) is 0 Å². The summed E-state index contributed by atoms with van der Waals surface area (Å²) in [6.45, 7) is 4.19. The molecule has 0 saturated carbocycles. The van der Waals surface area contributed by atoms with Gasteiger partial charge in [0.1, 0.15) is 0 Å². The molecule has 0 amide bonds. The SMILES string of the molecule is CCOC(=O)c1cnc(SC)n1PC. The normalized spacial score (nSPS) is 11.1. The van der Waals surface area contributed by atoms with Gasteiger partial charge in [-0.05, 0) is 28.6 Å². The van der Waals surface area contributed by atoms with Gasteiger partial charge in [-0.3, -0.25) is 4.34 Å². The van der Waals surface area contributed by atoms with Crippen molar-refractivity contribution in [2.75, 3.05) is 19.5 Å². The van der Waals surface area contributed by atoms with E-state index in [2.05, 4.69) is 4.98 Å². The van der Waals surface area contributed by atoms with Crippen molar-refractivity contribution in [2.45, 2.75) is 12.1 Å². The van der Waals surface area contributed by atoms with E-state index in [-0.39, 0.29) is 5.97 Å². The molecule has 1 unspecified atom stereocenters. The maximum atomic E-state index is 11.5. The topological polar surface area (TPSA) is 44.1 Å². The van der Waals surface area contributed by atoms with Gasteiger partial charge >= 0.3 is 5.97 Å². The summed E-state index contributed by atoms with van der Waals surface area (Å²) in [4.78, 5) is 15.6. The molecule has 0 spiro atoms. The van der Waals surface area contributed by atoms with Crippen LogP contribution in [0.25, 0.3) is 0 Å². The van der Waals surface area contributed by atoms with Gasteiger partial charge < -0.3 is 4.74 Å². The molecule has 1 aromatic heterocycles. The van der Waals surface area contributed by atoms with Gasteiger partial charge in [0.25, 0.3) is 0 Å². The zero-order valence-corrected chi connectivity index (χ0v) is 10.2. The highest BCUT2D eigenvalue weighted by Gasteiger charge is 2.15. The van der Waals surface area contributed by atoms with E-state index in [1.54, 1.807) is 13.1 Å². The molecular weight excluding hydrogens is 219 g/mol. The maximum Gasteiger partial charge on any atom is 0.356 e. The Hall–Kier alpha value is -0.540. The predicted octanol–water partition coefficient (Wildman–Crippen LogP) is 1.85. The van der Waals surface area contributed by atoms with E-state index in [4.69, 9.17) is 4.74 Å². The van der Waals surface area contributed by atoms with Crippen LogP contribution in [0.1, 0.15) is 17.4 Å². The highest BCUT2D eigenvalue weighted by Crippen LogP contribution is 2.24. The van der Waals surface area contributed by atoms with Crippen LogP contribution in [0.5, 0.6) is 0 Å². The highest BCUT2D eigenvalue weighted by molar-refractivity contribution is 7.98. The van der Waals surface area contributed by atoms with Gasteiger partial charge in [0.2, 0.25) is 0 Å². The summed E-state index contributed by atoms with van der Waals surface area (Å²) in [5.74, 6) is -0.297. The van der Waals surface area contributed by atoms with Gasteiger partial charge in [0, 0.05) is 0 Å². The Kier molecular flexibility index (Phi) is 4.42. The van der Waals surface area contributed by atoms with Gasteiger partial charge in [-0.2, -0.15) is 0 Å². The molecule has 0 aromatic carbocycles. The lowest BCUT2D eigenvalue weighted by molar-refractivity contribution is 0.0518. The van der Waals surface area contributed by atoms with E-state index in [9.17, 15) is 4.79 Å². The van der Waals surface area contributed by atoms with E-state index in [0.29, 0.717) is 21.0 Å². The summed E-state index contributed by atoms with van der Waals surface area (Å²) in [6, 6.07) is 0. The van der Waals surface area contributed by atoms with Crippen molar-refractivity contribution < 1.29 is 9.53 Å². The Balaban J connectivity index is 2.96. The fraction of sp³-hybridized carbons (Fsp3) is 0.500.